The van der Waals surface area contributed by atoms with Crippen molar-refractivity contribution in [3.63, 3.8) is 0 Å². The van der Waals surface area contributed by atoms with Gasteiger partial charge in [-0.2, -0.15) is 0 Å². The quantitative estimate of drug-likeness (QED) is 0.782. The van der Waals surface area contributed by atoms with Crippen molar-refractivity contribution in [2.24, 2.45) is 5.41 Å². The molecule has 0 radical (unpaired) electrons. The molecule has 0 N–H and O–H groups in total. The summed E-state index contributed by atoms with van der Waals surface area (Å²) < 4.78 is 6.70. The molecule has 1 aromatic rings. The van der Waals surface area contributed by atoms with Crippen molar-refractivity contribution < 1.29 is 4.74 Å². The first-order valence-electron chi connectivity index (χ1n) is 6.66. The van der Waals surface area contributed by atoms with E-state index in [1.165, 1.54) is 32.4 Å². The van der Waals surface area contributed by atoms with Crippen LogP contribution < -0.4 is 0 Å². The van der Waals surface area contributed by atoms with Crippen molar-refractivity contribution in [1.29, 1.82) is 0 Å². The van der Waals surface area contributed by atoms with Crippen LogP contribution in [0.2, 0.25) is 0 Å². The van der Waals surface area contributed by atoms with Gasteiger partial charge >= 0.3 is 0 Å². The van der Waals surface area contributed by atoms with Crippen LogP contribution >= 0.6 is 15.9 Å². The fourth-order valence-electron chi connectivity index (χ4n) is 2.67. The molecule has 0 bridgehead atoms. The molecule has 1 aliphatic carbocycles. The van der Waals surface area contributed by atoms with Gasteiger partial charge in [-0.15, -0.1) is 0 Å². The summed E-state index contributed by atoms with van der Waals surface area (Å²) in [5.41, 5.74) is 1.73. The number of hydrogen-bond donors (Lipinski definition) is 0. The molecule has 1 aliphatic heterocycles. The highest BCUT2D eigenvalue weighted by molar-refractivity contribution is 9.10. The Hall–Kier alpha value is -0.450. The Morgan fingerprint density at radius 2 is 2.22 bits per heavy atom. The van der Waals surface area contributed by atoms with Gasteiger partial charge in [0.15, 0.2) is 0 Å². The van der Waals surface area contributed by atoms with Crippen LogP contribution in [-0.2, 0) is 11.3 Å². The summed E-state index contributed by atoms with van der Waals surface area (Å²) >= 11 is 3.38. The standard InChI is InChI=1S/C14H19BrN2O/c15-12-1-2-13(16-9-12)10-18-8-7-17-6-5-14(11-17)3-4-14/h1-2,9H,3-8,10-11H2. The third-order valence-corrected chi connectivity index (χ3v) is 4.53. The Morgan fingerprint density at radius 1 is 1.33 bits per heavy atom. The van der Waals surface area contributed by atoms with E-state index in [1.807, 2.05) is 18.3 Å². The van der Waals surface area contributed by atoms with Gasteiger partial charge in [-0.25, -0.2) is 0 Å². The van der Waals surface area contributed by atoms with E-state index < -0.39 is 0 Å². The van der Waals surface area contributed by atoms with E-state index in [4.69, 9.17) is 4.74 Å². The van der Waals surface area contributed by atoms with E-state index in [9.17, 15) is 0 Å². The second-order valence-electron chi connectivity index (χ2n) is 5.55. The van der Waals surface area contributed by atoms with Gasteiger partial charge in [0.1, 0.15) is 0 Å². The van der Waals surface area contributed by atoms with Gasteiger partial charge in [0.05, 0.1) is 18.9 Å². The predicted octanol–water partition coefficient (Wildman–Crippen LogP) is 2.85. The van der Waals surface area contributed by atoms with E-state index in [2.05, 4.69) is 25.8 Å². The van der Waals surface area contributed by atoms with Crippen LogP contribution in [0, 0.1) is 5.41 Å². The lowest BCUT2D eigenvalue weighted by atomic mass is 10.1. The lowest BCUT2D eigenvalue weighted by Crippen LogP contribution is -2.25. The number of pyridine rings is 1. The summed E-state index contributed by atoms with van der Waals surface area (Å²) in [7, 11) is 0. The Bertz CT molecular complexity index is 403. The van der Waals surface area contributed by atoms with Gasteiger partial charge < -0.3 is 9.64 Å². The first kappa shape index (κ1) is 12.6. The molecular formula is C14H19BrN2O. The maximum absolute atomic E-state index is 5.69. The Balaban J connectivity index is 1.34. The molecular weight excluding hydrogens is 292 g/mol. The predicted molar refractivity (Wildman–Crippen MR) is 74.3 cm³/mol. The van der Waals surface area contributed by atoms with Crippen LogP contribution in [0.1, 0.15) is 25.0 Å². The highest BCUT2D eigenvalue weighted by Crippen LogP contribution is 2.52. The molecule has 1 aromatic heterocycles. The third-order valence-electron chi connectivity index (χ3n) is 4.06. The summed E-state index contributed by atoms with van der Waals surface area (Å²) in [5.74, 6) is 0. The number of likely N-dealkylation sites (tertiary alicyclic amines) is 1. The highest BCUT2D eigenvalue weighted by Gasteiger charge is 2.47. The van der Waals surface area contributed by atoms with Crippen LogP contribution in [0.25, 0.3) is 0 Å². The summed E-state index contributed by atoms with van der Waals surface area (Å²) in [6.07, 6.45) is 6.12. The van der Waals surface area contributed by atoms with E-state index >= 15 is 0 Å². The molecule has 4 heteroatoms. The van der Waals surface area contributed by atoms with Crippen LogP contribution in [0.4, 0.5) is 0 Å². The first-order valence-corrected chi connectivity index (χ1v) is 7.46. The second kappa shape index (κ2) is 5.27. The first-order chi connectivity index (χ1) is 8.76. The van der Waals surface area contributed by atoms with Gasteiger partial charge in [-0.3, -0.25) is 4.98 Å². The third kappa shape index (κ3) is 3.11. The normalized spacial score (nSPS) is 21.6. The number of rotatable bonds is 5. The average molecular weight is 311 g/mol. The SMILES string of the molecule is Brc1ccc(COCCN2CCC3(CC3)C2)nc1. The molecule has 1 saturated carbocycles. The molecule has 2 fully saturated rings. The van der Waals surface area contributed by atoms with Crippen molar-refractivity contribution in [3.05, 3.63) is 28.5 Å². The van der Waals surface area contributed by atoms with Crippen molar-refractivity contribution in [3.8, 4) is 0 Å². The molecule has 0 atom stereocenters. The molecule has 0 unspecified atom stereocenters. The molecule has 3 rings (SSSR count). The molecule has 0 amide bonds. The fourth-order valence-corrected chi connectivity index (χ4v) is 2.90. The highest BCUT2D eigenvalue weighted by atomic mass is 79.9. The smallest absolute Gasteiger partial charge is 0.0888 e. The lowest BCUT2D eigenvalue weighted by Gasteiger charge is -2.15. The molecule has 98 valence electrons. The molecule has 1 saturated heterocycles. The van der Waals surface area contributed by atoms with Crippen LogP contribution in [0.3, 0.4) is 0 Å². The molecule has 0 aromatic carbocycles. The minimum absolute atomic E-state index is 0.617. The zero-order valence-electron chi connectivity index (χ0n) is 10.6. The second-order valence-corrected chi connectivity index (χ2v) is 6.46. The van der Waals surface area contributed by atoms with E-state index in [0.29, 0.717) is 6.61 Å². The minimum atomic E-state index is 0.617. The maximum Gasteiger partial charge on any atom is 0.0888 e. The van der Waals surface area contributed by atoms with E-state index in [-0.39, 0.29) is 0 Å². The average Bonchev–Trinajstić information content (AvgIpc) is 3.00. The fraction of sp³-hybridized carbons (Fsp3) is 0.643. The van der Waals surface area contributed by atoms with Crippen molar-refractivity contribution in [2.45, 2.75) is 25.9 Å². The zero-order valence-corrected chi connectivity index (χ0v) is 12.2. The lowest BCUT2D eigenvalue weighted by molar-refractivity contribution is 0.0958. The van der Waals surface area contributed by atoms with E-state index in [1.54, 1.807) is 0 Å². The summed E-state index contributed by atoms with van der Waals surface area (Å²) in [5, 5.41) is 0. The monoisotopic (exact) mass is 310 g/mol. The zero-order chi connectivity index (χ0) is 12.4. The summed E-state index contributed by atoms with van der Waals surface area (Å²) in [6, 6.07) is 4.00. The molecule has 1 spiro atoms. The molecule has 2 aliphatic rings. The van der Waals surface area contributed by atoms with Crippen LogP contribution in [0.5, 0.6) is 0 Å². The van der Waals surface area contributed by atoms with E-state index in [0.717, 1.165) is 28.7 Å². The topological polar surface area (TPSA) is 25.4 Å². The summed E-state index contributed by atoms with van der Waals surface area (Å²) in [6.45, 7) is 5.06. The van der Waals surface area contributed by atoms with Crippen LogP contribution in [-0.4, -0.2) is 36.1 Å². The van der Waals surface area contributed by atoms with Crippen LogP contribution in [0.15, 0.2) is 22.8 Å². The number of aromatic nitrogens is 1. The maximum atomic E-state index is 5.69. The van der Waals surface area contributed by atoms with Crippen molar-refractivity contribution >= 4 is 15.9 Å². The van der Waals surface area contributed by atoms with Gasteiger partial charge in [0, 0.05) is 23.8 Å². The van der Waals surface area contributed by atoms with Gasteiger partial charge in [-0.1, -0.05) is 0 Å². The minimum Gasteiger partial charge on any atom is -0.374 e. The molecule has 18 heavy (non-hydrogen) atoms. The van der Waals surface area contributed by atoms with Gasteiger partial charge in [0.2, 0.25) is 0 Å². The van der Waals surface area contributed by atoms with Crippen molar-refractivity contribution in [1.82, 2.24) is 9.88 Å². The van der Waals surface area contributed by atoms with Gasteiger partial charge in [-0.05, 0) is 59.3 Å². The number of nitrogens with zero attached hydrogens (tertiary/aromatic N) is 2. The Labute approximate surface area is 117 Å². The number of hydrogen-bond acceptors (Lipinski definition) is 3. The largest absolute Gasteiger partial charge is 0.374 e. The van der Waals surface area contributed by atoms with Gasteiger partial charge in [0.25, 0.3) is 0 Å². The Kier molecular flexibility index (Phi) is 3.68. The summed E-state index contributed by atoms with van der Waals surface area (Å²) in [4.78, 5) is 6.84. The van der Waals surface area contributed by atoms with Crippen molar-refractivity contribution in [2.75, 3.05) is 26.2 Å². The number of halogens is 1. The Morgan fingerprint density at radius 3 is 2.89 bits per heavy atom. The molecule has 2 heterocycles. The number of ether oxygens (including phenoxy) is 1. The molecule has 3 nitrogen and oxygen atoms in total.